The van der Waals surface area contributed by atoms with E-state index in [1.54, 1.807) is 0 Å². The summed E-state index contributed by atoms with van der Waals surface area (Å²) in [6.45, 7) is 0. The third-order valence-corrected chi connectivity index (χ3v) is 7.17. The lowest BCUT2D eigenvalue weighted by molar-refractivity contribution is 0.462. The molecule has 0 aromatic heterocycles. The summed E-state index contributed by atoms with van der Waals surface area (Å²) in [5.74, 6) is 3.04. The molecule has 0 aliphatic rings. The summed E-state index contributed by atoms with van der Waals surface area (Å²) < 4.78 is 13.1. The molecule has 0 N–H and O–H groups in total. The van der Waals surface area contributed by atoms with Gasteiger partial charge in [-0.2, -0.15) is 0 Å². The van der Waals surface area contributed by atoms with E-state index in [2.05, 4.69) is 121 Å². The van der Waals surface area contributed by atoms with Crippen LogP contribution in [0.4, 0.5) is 0 Å². The lowest BCUT2D eigenvalue weighted by Gasteiger charge is -2.17. The van der Waals surface area contributed by atoms with Gasteiger partial charge in [0.1, 0.15) is 23.0 Å². The van der Waals surface area contributed by atoms with E-state index in [9.17, 15) is 0 Å². The van der Waals surface area contributed by atoms with Crippen molar-refractivity contribution in [3.05, 3.63) is 158 Å². The van der Waals surface area contributed by atoms with Crippen molar-refractivity contribution in [3.8, 4) is 45.3 Å². The molecule has 0 saturated heterocycles. The van der Waals surface area contributed by atoms with Gasteiger partial charge in [-0.25, -0.2) is 0 Å². The van der Waals surface area contributed by atoms with Crippen LogP contribution < -0.4 is 9.47 Å². The van der Waals surface area contributed by atoms with E-state index < -0.39 is 0 Å². The largest absolute Gasteiger partial charge is 0.457 e. The lowest BCUT2D eigenvalue weighted by atomic mass is 9.97. The Morgan fingerprint density at radius 1 is 0.325 bits per heavy atom. The first-order valence-corrected chi connectivity index (χ1v) is 13.4. The number of hydrogen-bond acceptors (Lipinski definition) is 2. The van der Waals surface area contributed by atoms with Gasteiger partial charge in [0.2, 0.25) is 0 Å². The molecule has 0 bridgehead atoms. The van der Waals surface area contributed by atoms with Gasteiger partial charge in [-0.3, -0.25) is 0 Å². The van der Waals surface area contributed by atoms with Gasteiger partial charge in [0, 0.05) is 17.2 Å². The van der Waals surface area contributed by atoms with Gasteiger partial charge >= 0.3 is 0 Å². The van der Waals surface area contributed by atoms with Crippen molar-refractivity contribution in [2.45, 2.75) is 0 Å². The molecular formula is C38H26O2. The second kappa shape index (κ2) is 10.4. The van der Waals surface area contributed by atoms with E-state index in [-0.39, 0.29) is 0 Å². The zero-order valence-electron chi connectivity index (χ0n) is 21.8. The summed E-state index contributed by atoms with van der Waals surface area (Å²) >= 11 is 0. The zero-order valence-corrected chi connectivity index (χ0v) is 21.8. The number of benzene rings is 7. The highest BCUT2D eigenvalue weighted by molar-refractivity contribution is 6.01. The van der Waals surface area contributed by atoms with Crippen molar-refractivity contribution < 1.29 is 9.47 Å². The Kier molecular flexibility index (Phi) is 6.20. The van der Waals surface area contributed by atoms with Crippen molar-refractivity contribution in [2.24, 2.45) is 0 Å². The molecule has 0 spiro atoms. The first kappa shape index (κ1) is 23.8. The smallest absolute Gasteiger partial charge is 0.135 e. The summed E-state index contributed by atoms with van der Waals surface area (Å²) in [7, 11) is 0. The second-order valence-electron chi connectivity index (χ2n) is 9.73. The van der Waals surface area contributed by atoms with Crippen LogP contribution in [0.5, 0.6) is 23.0 Å². The average molecular weight is 515 g/mol. The minimum absolute atomic E-state index is 0.715. The van der Waals surface area contributed by atoms with Gasteiger partial charge in [0.15, 0.2) is 0 Å². The molecule has 7 rings (SSSR count). The van der Waals surface area contributed by atoms with Gasteiger partial charge in [0.05, 0.1) is 0 Å². The minimum Gasteiger partial charge on any atom is -0.457 e. The van der Waals surface area contributed by atoms with Gasteiger partial charge in [-0.1, -0.05) is 127 Å². The summed E-state index contributed by atoms with van der Waals surface area (Å²) in [6.07, 6.45) is 0. The van der Waals surface area contributed by atoms with Crippen LogP contribution in [0.15, 0.2) is 158 Å². The molecule has 2 nitrogen and oxygen atoms in total. The van der Waals surface area contributed by atoms with Crippen molar-refractivity contribution in [3.63, 3.8) is 0 Å². The molecule has 0 saturated carbocycles. The fourth-order valence-corrected chi connectivity index (χ4v) is 5.33. The zero-order chi connectivity index (χ0) is 26.7. The molecule has 0 aliphatic heterocycles. The van der Waals surface area contributed by atoms with Crippen molar-refractivity contribution in [1.82, 2.24) is 0 Å². The predicted octanol–water partition coefficient (Wildman–Crippen LogP) is 10.9. The van der Waals surface area contributed by atoms with Crippen LogP contribution in [0.3, 0.4) is 0 Å². The molecule has 190 valence electrons. The van der Waals surface area contributed by atoms with E-state index in [0.717, 1.165) is 44.5 Å². The highest BCUT2D eigenvalue weighted by atomic mass is 16.5. The van der Waals surface area contributed by atoms with E-state index in [4.69, 9.17) is 9.47 Å². The Morgan fingerprint density at radius 3 is 1.23 bits per heavy atom. The molecule has 40 heavy (non-hydrogen) atoms. The topological polar surface area (TPSA) is 18.5 Å². The second-order valence-corrected chi connectivity index (χ2v) is 9.73. The molecular weight excluding hydrogens is 488 g/mol. The molecule has 2 heteroatoms. The Morgan fingerprint density at radius 2 is 0.750 bits per heavy atom. The van der Waals surface area contributed by atoms with Crippen LogP contribution in [0, 0.1) is 0 Å². The monoisotopic (exact) mass is 514 g/mol. The summed E-state index contributed by atoms with van der Waals surface area (Å²) in [6, 6.07) is 53.8. The number of hydrogen-bond donors (Lipinski definition) is 0. The molecule has 0 atom stereocenters. The quantitative estimate of drug-likeness (QED) is 0.220. The number of fused-ring (bicyclic) bond motifs is 2. The summed E-state index contributed by atoms with van der Waals surface area (Å²) in [5.41, 5.74) is 4.38. The van der Waals surface area contributed by atoms with Crippen LogP contribution >= 0.6 is 0 Å². The fraction of sp³-hybridized carbons (Fsp3) is 0. The molecule has 0 aliphatic carbocycles. The molecule has 7 aromatic rings. The van der Waals surface area contributed by atoms with E-state index in [1.807, 2.05) is 36.4 Å². The summed E-state index contributed by atoms with van der Waals surface area (Å²) in [4.78, 5) is 0. The van der Waals surface area contributed by atoms with Crippen molar-refractivity contribution >= 4 is 21.5 Å². The third kappa shape index (κ3) is 4.57. The Labute approximate surface area is 233 Å². The molecule has 7 aromatic carbocycles. The van der Waals surface area contributed by atoms with E-state index in [1.165, 1.54) is 10.8 Å². The Hall–Kier alpha value is -5.34. The Bertz CT molecular complexity index is 1800. The first-order valence-electron chi connectivity index (χ1n) is 13.4. The van der Waals surface area contributed by atoms with Crippen LogP contribution in [0.25, 0.3) is 43.8 Å². The van der Waals surface area contributed by atoms with Crippen LogP contribution in [-0.4, -0.2) is 0 Å². The minimum atomic E-state index is 0.715. The SMILES string of the molecule is c1ccc(-c2c(Oc3cccc(Oc4ccc5ccccc5c4-c4ccccc4)c3)ccc3ccccc23)cc1. The summed E-state index contributed by atoms with van der Waals surface area (Å²) in [5, 5.41) is 4.66. The molecule has 0 radical (unpaired) electrons. The highest BCUT2D eigenvalue weighted by Crippen LogP contribution is 2.42. The van der Waals surface area contributed by atoms with Gasteiger partial charge in [-0.15, -0.1) is 0 Å². The maximum Gasteiger partial charge on any atom is 0.135 e. The first-order chi connectivity index (χ1) is 19.8. The van der Waals surface area contributed by atoms with Crippen LogP contribution in [0.2, 0.25) is 0 Å². The molecule has 0 unspecified atom stereocenters. The lowest BCUT2D eigenvalue weighted by Crippen LogP contribution is -1.92. The predicted molar refractivity (Wildman–Crippen MR) is 165 cm³/mol. The number of rotatable bonds is 6. The van der Waals surface area contributed by atoms with Crippen molar-refractivity contribution in [2.75, 3.05) is 0 Å². The van der Waals surface area contributed by atoms with Crippen LogP contribution in [0.1, 0.15) is 0 Å². The number of ether oxygens (including phenoxy) is 2. The Balaban J connectivity index is 1.28. The molecule has 0 heterocycles. The molecule has 0 amide bonds. The van der Waals surface area contributed by atoms with E-state index >= 15 is 0 Å². The van der Waals surface area contributed by atoms with E-state index in [0.29, 0.717) is 11.5 Å². The van der Waals surface area contributed by atoms with Gasteiger partial charge in [0.25, 0.3) is 0 Å². The normalized spacial score (nSPS) is 11.0. The average Bonchev–Trinajstić information content (AvgIpc) is 3.02. The van der Waals surface area contributed by atoms with Crippen molar-refractivity contribution in [1.29, 1.82) is 0 Å². The van der Waals surface area contributed by atoms with Gasteiger partial charge < -0.3 is 9.47 Å². The van der Waals surface area contributed by atoms with Gasteiger partial charge in [-0.05, 0) is 56.9 Å². The maximum absolute atomic E-state index is 6.56. The fourth-order valence-electron chi connectivity index (χ4n) is 5.33. The molecule has 0 fully saturated rings. The highest BCUT2D eigenvalue weighted by Gasteiger charge is 2.14. The standard InChI is InChI=1S/C38H26O2/c1-3-14-29(15-4-1)37-33-20-9-7-12-27(33)22-24-35(37)39-31-18-11-19-32(26-31)40-36-25-23-28-13-8-10-21-34(28)38(36)30-16-5-2-6-17-30/h1-26H. The van der Waals surface area contributed by atoms with Crippen LogP contribution in [-0.2, 0) is 0 Å². The third-order valence-electron chi connectivity index (χ3n) is 7.17. The maximum atomic E-state index is 6.56.